The monoisotopic (exact) mass is 256 g/mol. The van der Waals surface area contributed by atoms with Crippen LogP contribution in [0.25, 0.3) is 0 Å². The van der Waals surface area contributed by atoms with E-state index in [2.05, 4.69) is 45.1 Å². The van der Waals surface area contributed by atoms with Crippen molar-refractivity contribution in [3.8, 4) is 0 Å². The molecule has 0 aliphatic carbocycles. The van der Waals surface area contributed by atoms with Crippen molar-refractivity contribution in [3.05, 3.63) is 47.5 Å². The Kier molecular flexibility index (Phi) is 3.60. The zero-order valence-corrected chi connectivity index (χ0v) is 11.1. The van der Waals surface area contributed by atoms with E-state index in [1.807, 2.05) is 0 Å². The van der Waals surface area contributed by atoms with E-state index in [1.165, 1.54) is 5.56 Å². The SMILES string of the molecule is NCC1CCn2c(CCc3ccccc3)nnc2C1. The minimum absolute atomic E-state index is 0.582. The van der Waals surface area contributed by atoms with Crippen molar-refractivity contribution in [2.24, 2.45) is 11.7 Å². The highest BCUT2D eigenvalue weighted by atomic mass is 15.3. The maximum Gasteiger partial charge on any atom is 0.133 e. The van der Waals surface area contributed by atoms with Crippen molar-refractivity contribution in [3.63, 3.8) is 0 Å². The smallest absolute Gasteiger partial charge is 0.133 e. The van der Waals surface area contributed by atoms with Gasteiger partial charge in [-0.1, -0.05) is 30.3 Å². The first-order valence-electron chi connectivity index (χ1n) is 7.01. The fraction of sp³-hybridized carbons (Fsp3) is 0.467. The Bertz CT molecular complexity index is 532. The van der Waals surface area contributed by atoms with Crippen LogP contribution in [0.1, 0.15) is 23.6 Å². The van der Waals surface area contributed by atoms with Gasteiger partial charge in [0.1, 0.15) is 11.6 Å². The first kappa shape index (κ1) is 12.4. The molecule has 1 aromatic carbocycles. The number of hydrogen-bond donors (Lipinski definition) is 1. The van der Waals surface area contributed by atoms with Gasteiger partial charge in [0.05, 0.1) is 0 Å². The van der Waals surface area contributed by atoms with Crippen LogP contribution in [-0.4, -0.2) is 21.3 Å². The molecular weight excluding hydrogens is 236 g/mol. The van der Waals surface area contributed by atoms with E-state index in [0.717, 1.165) is 50.4 Å². The number of rotatable bonds is 4. The Balaban J connectivity index is 1.68. The second-order valence-corrected chi connectivity index (χ2v) is 5.26. The Morgan fingerprint density at radius 2 is 2.00 bits per heavy atom. The molecule has 4 heteroatoms. The van der Waals surface area contributed by atoms with Crippen LogP contribution < -0.4 is 5.73 Å². The minimum atomic E-state index is 0.582. The first-order valence-corrected chi connectivity index (χ1v) is 7.01. The van der Waals surface area contributed by atoms with E-state index in [0.29, 0.717) is 5.92 Å². The average molecular weight is 256 g/mol. The van der Waals surface area contributed by atoms with Crippen LogP contribution in [0.4, 0.5) is 0 Å². The average Bonchev–Trinajstić information content (AvgIpc) is 2.88. The molecule has 1 unspecified atom stereocenters. The summed E-state index contributed by atoms with van der Waals surface area (Å²) in [6.07, 6.45) is 4.12. The lowest BCUT2D eigenvalue weighted by molar-refractivity contribution is 0.384. The molecule has 3 rings (SSSR count). The van der Waals surface area contributed by atoms with Crippen molar-refractivity contribution >= 4 is 0 Å². The molecule has 4 nitrogen and oxygen atoms in total. The summed E-state index contributed by atoms with van der Waals surface area (Å²) in [7, 11) is 0. The predicted octanol–water partition coefficient (Wildman–Crippen LogP) is 1.58. The predicted molar refractivity (Wildman–Crippen MR) is 74.7 cm³/mol. The molecule has 19 heavy (non-hydrogen) atoms. The quantitative estimate of drug-likeness (QED) is 0.903. The number of benzene rings is 1. The molecule has 2 heterocycles. The number of hydrogen-bond acceptors (Lipinski definition) is 3. The number of nitrogens with zero attached hydrogens (tertiary/aromatic N) is 3. The van der Waals surface area contributed by atoms with Gasteiger partial charge in [0.15, 0.2) is 0 Å². The first-order chi connectivity index (χ1) is 9.36. The van der Waals surface area contributed by atoms with E-state index in [9.17, 15) is 0 Å². The number of fused-ring (bicyclic) bond motifs is 1. The van der Waals surface area contributed by atoms with Crippen molar-refractivity contribution in [2.75, 3.05) is 6.54 Å². The molecule has 1 atom stereocenters. The molecule has 0 spiro atoms. The second kappa shape index (κ2) is 5.53. The van der Waals surface area contributed by atoms with Crippen molar-refractivity contribution in [1.82, 2.24) is 14.8 Å². The Hall–Kier alpha value is -1.68. The minimum Gasteiger partial charge on any atom is -0.330 e. The van der Waals surface area contributed by atoms with E-state index in [1.54, 1.807) is 0 Å². The lowest BCUT2D eigenvalue weighted by Crippen LogP contribution is -2.26. The van der Waals surface area contributed by atoms with E-state index >= 15 is 0 Å². The van der Waals surface area contributed by atoms with Gasteiger partial charge in [-0.25, -0.2) is 0 Å². The zero-order valence-electron chi connectivity index (χ0n) is 11.1. The Labute approximate surface area is 113 Å². The molecule has 1 aromatic heterocycles. The molecular formula is C15H20N4. The lowest BCUT2D eigenvalue weighted by atomic mass is 9.98. The molecule has 0 saturated carbocycles. The Morgan fingerprint density at radius 1 is 1.16 bits per heavy atom. The lowest BCUT2D eigenvalue weighted by Gasteiger charge is -2.22. The molecule has 0 bridgehead atoms. The maximum atomic E-state index is 5.74. The van der Waals surface area contributed by atoms with Gasteiger partial charge in [-0.3, -0.25) is 0 Å². The summed E-state index contributed by atoms with van der Waals surface area (Å²) in [5.74, 6) is 2.82. The van der Waals surface area contributed by atoms with Crippen molar-refractivity contribution < 1.29 is 0 Å². The van der Waals surface area contributed by atoms with Gasteiger partial charge in [-0.05, 0) is 30.9 Å². The molecule has 0 saturated heterocycles. The summed E-state index contributed by atoms with van der Waals surface area (Å²) in [4.78, 5) is 0. The van der Waals surface area contributed by atoms with Gasteiger partial charge in [-0.15, -0.1) is 10.2 Å². The van der Waals surface area contributed by atoms with Gasteiger partial charge in [-0.2, -0.15) is 0 Å². The van der Waals surface area contributed by atoms with E-state index in [-0.39, 0.29) is 0 Å². The largest absolute Gasteiger partial charge is 0.330 e. The molecule has 100 valence electrons. The summed E-state index contributed by atoms with van der Waals surface area (Å²) in [6.45, 7) is 1.78. The van der Waals surface area contributed by atoms with Gasteiger partial charge in [0.2, 0.25) is 0 Å². The van der Waals surface area contributed by atoms with Crippen LogP contribution in [0.2, 0.25) is 0 Å². The number of aromatic nitrogens is 3. The fourth-order valence-corrected chi connectivity index (χ4v) is 2.74. The zero-order chi connectivity index (χ0) is 13.1. The third-order valence-corrected chi connectivity index (χ3v) is 3.95. The fourth-order valence-electron chi connectivity index (χ4n) is 2.74. The molecule has 0 amide bonds. The molecule has 1 aliphatic rings. The van der Waals surface area contributed by atoms with Crippen LogP contribution in [-0.2, 0) is 25.8 Å². The van der Waals surface area contributed by atoms with Crippen LogP contribution in [0.5, 0.6) is 0 Å². The van der Waals surface area contributed by atoms with Crippen LogP contribution >= 0.6 is 0 Å². The standard InChI is InChI=1S/C15H20N4/c16-11-13-8-9-19-14(17-18-15(19)10-13)7-6-12-4-2-1-3-5-12/h1-5,13H,6-11,16H2. The summed E-state index contributed by atoms with van der Waals surface area (Å²) < 4.78 is 2.29. The third-order valence-electron chi connectivity index (χ3n) is 3.95. The Morgan fingerprint density at radius 3 is 2.79 bits per heavy atom. The van der Waals surface area contributed by atoms with Gasteiger partial charge in [0, 0.05) is 19.4 Å². The van der Waals surface area contributed by atoms with Gasteiger partial charge >= 0.3 is 0 Å². The molecule has 0 fully saturated rings. The van der Waals surface area contributed by atoms with Crippen LogP contribution in [0.3, 0.4) is 0 Å². The third kappa shape index (κ3) is 2.68. The summed E-state index contributed by atoms with van der Waals surface area (Å²) in [5, 5.41) is 8.68. The topological polar surface area (TPSA) is 56.7 Å². The molecule has 1 aliphatic heterocycles. The normalized spacial score (nSPS) is 18.3. The highest BCUT2D eigenvalue weighted by Gasteiger charge is 2.21. The van der Waals surface area contributed by atoms with Gasteiger partial charge in [0.25, 0.3) is 0 Å². The van der Waals surface area contributed by atoms with Crippen molar-refractivity contribution in [1.29, 1.82) is 0 Å². The van der Waals surface area contributed by atoms with E-state index < -0.39 is 0 Å². The van der Waals surface area contributed by atoms with Crippen molar-refractivity contribution in [2.45, 2.75) is 32.2 Å². The van der Waals surface area contributed by atoms with E-state index in [4.69, 9.17) is 5.73 Å². The van der Waals surface area contributed by atoms with Gasteiger partial charge < -0.3 is 10.3 Å². The summed E-state index contributed by atoms with van der Waals surface area (Å²) in [5.41, 5.74) is 7.10. The number of nitrogens with two attached hydrogens (primary N) is 1. The molecule has 2 aromatic rings. The maximum absolute atomic E-state index is 5.74. The highest BCUT2D eigenvalue weighted by Crippen LogP contribution is 2.20. The highest BCUT2D eigenvalue weighted by molar-refractivity contribution is 5.16. The molecule has 0 radical (unpaired) electrons. The second-order valence-electron chi connectivity index (χ2n) is 5.26. The van der Waals surface area contributed by atoms with Crippen LogP contribution in [0, 0.1) is 5.92 Å². The summed E-state index contributed by atoms with van der Waals surface area (Å²) >= 11 is 0. The van der Waals surface area contributed by atoms with Crippen LogP contribution in [0.15, 0.2) is 30.3 Å². The molecule has 2 N–H and O–H groups in total. The summed E-state index contributed by atoms with van der Waals surface area (Å²) in [6, 6.07) is 10.5. The number of aryl methyl sites for hydroxylation is 2.